The Morgan fingerprint density at radius 3 is 2.71 bits per heavy atom. The molecule has 0 unspecified atom stereocenters. The minimum Gasteiger partial charge on any atom is -0.483 e. The standard InChI is InChI=1S/C16H19NO4/c1-2-17(13-8-9-13)15(18)11-21-14-6-4-3-5-12(14)7-10-16(19)20/h3-7,10,13H,2,8-9,11H2,1H3,(H,19,20). The number of carbonyl (C=O) groups is 2. The zero-order valence-electron chi connectivity index (χ0n) is 12.0. The molecule has 0 heterocycles. The summed E-state index contributed by atoms with van der Waals surface area (Å²) < 4.78 is 5.56. The van der Waals surface area contributed by atoms with Crippen molar-refractivity contribution < 1.29 is 19.4 Å². The van der Waals surface area contributed by atoms with Crippen molar-refractivity contribution in [1.82, 2.24) is 4.90 Å². The Kier molecular flexibility index (Phi) is 4.98. The van der Waals surface area contributed by atoms with Gasteiger partial charge in [0.2, 0.25) is 0 Å². The number of hydrogen-bond donors (Lipinski definition) is 1. The molecule has 112 valence electrons. The largest absolute Gasteiger partial charge is 0.483 e. The van der Waals surface area contributed by atoms with Crippen molar-refractivity contribution in [3.05, 3.63) is 35.9 Å². The monoisotopic (exact) mass is 289 g/mol. The summed E-state index contributed by atoms with van der Waals surface area (Å²) in [6, 6.07) is 7.42. The van der Waals surface area contributed by atoms with Gasteiger partial charge in [-0.05, 0) is 31.9 Å². The molecule has 0 radical (unpaired) electrons. The Hall–Kier alpha value is -2.30. The van der Waals surface area contributed by atoms with Crippen LogP contribution in [0.15, 0.2) is 30.3 Å². The highest BCUT2D eigenvalue weighted by atomic mass is 16.5. The van der Waals surface area contributed by atoms with E-state index >= 15 is 0 Å². The summed E-state index contributed by atoms with van der Waals surface area (Å²) in [5, 5.41) is 8.67. The second-order valence-electron chi connectivity index (χ2n) is 4.91. The highest BCUT2D eigenvalue weighted by Crippen LogP contribution is 2.27. The zero-order chi connectivity index (χ0) is 15.2. The second-order valence-corrected chi connectivity index (χ2v) is 4.91. The summed E-state index contributed by atoms with van der Waals surface area (Å²) in [6.45, 7) is 2.62. The van der Waals surface area contributed by atoms with Crippen LogP contribution in [-0.2, 0) is 9.59 Å². The van der Waals surface area contributed by atoms with Crippen molar-refractivity contribution in [2.24, 2.45) is 0 Å². The molecule has 0 atom stereocenters. The third-order valence-corrected chi connectivity index (χ3v) is 3.32. The fourth-order valence-corrected chi connectivity index (χ4v) is 2.16. The first kappa shape index (κ1) is 15.1. The Morgan fingerprint density at radius 2 is 2.10 bits per heavy atom. The van der Waals surface area contributed by atoms with E-state index < -0.39 is 5.97 Å². The van der Waals surface area contributed by atoms with Crippen molar-refractivity contribution >= 4 is 18.0 Å². The molecule has 1 amide bonds. The number of amides is 1. The van der Waals surface area contributed by atoms with Crippen LogP contribution in [0.5, 0.6) is 5.75 Å². The van der Waals surface area contributed by atoms with Crippen LogP contribution in [0.25, 0.3) is 6.08 Å². The molecule has 2 rings (SSSR count). The van der Waals surface area contributed by atoms with Gasteiger partial charge in [-0.3, -0.25) is 4.79 Å². The topological polar surface area (TPSA) is 66.8 Å². The van der Waals surface area contributed by atoms with Crippen LogP contribution < -0.4 is 4.74 Å². The van der Waals surface area contributed by atoms with E-state index in [4.69, 9.17) is 9.84 Å². The number of carboxylic acids is 1. The lowest BCUT2D eigenvalue weighted by atomic mass is 10.2. The van der Waals surface area contributed by atoms with Gasteiger partial charge in [-0.2, -0.15) is 0 Å². The number of carboxylic acid groups (broad SMARTS) is 1. The molecular weight excluding hydrogens is 270 g/mol. The summed E-state index contributed by atoms with van der Waals surface area (Å²) in [7, 11) is 0. The Morgan fingerprint density at radius 1 is 1.38 bits per heavy atom. The van der Waals surface area contributed by atoms with E-state index in [9.17, 15) is 9.59 Å². The van der Waals surface area contributed by atoms with Crippen molar-refractivity contribution in [2.45, 2.75) is 25.8 Å². The fourth-order valence-electron chi connectivity index (χ4n) is 2.16. The van der Waals surface area contributed by atoms with Crippen molar-refractivity contribution in [3.63, 3.8) is 0 Å². The van der Waals surface area contributed by atoms with Gasteiger partial charge < -0.3 is 14.7 Å². The highest BCUT2D eigenvalue weighted by molar-refractivity contribution is 5.86. The first-order valence-electron chi connectivity index (χ1n) is 7.04. The second kappa shape index (κ2) is 6.92. The Balaban J connectivity index is 1.99. The summed E-state index contributed by atoms with van der Waals surface area (Å²) in [6.07, 6.45) is 4.64. The molecule has 1 aliphatic rings. The van der Waals surface area contributed by atoms with Crippen LogP contribution >= 0.6 is 0 Å². The van der Waals surface area contributed by atoms with Crippen LogP contribution in [0, 0.1) is 0 Å². The number of benzene rings is 1. The van der Waals surface area contributed by atoms with E-state index in [1.54, 1.807) is 24.3 Å². The maximum absolute atomic E-state index is 12.1. The maximum Gasteiger partial charge on any atom is 0.328 e. The minimum atomic E-state index is -1.02. The molecule has 1 aromatic carbocycles. The van der Waals surface area contributed by atoms with Gasteiger partial charge in [-0.25, -0.2) is 4.79 Å². The molecular formula is C16H19NO4. The fraction of sp³-hybridized carbons (Fsp3) is 0.375. The van der Waals surface area contributed by atoms with Gasteiger partial charge in [0.05, 0.1) is 0 Å². The van der Waals surface area contributed by atoms with Gasteiger partial charge in [-0.15, -0.1) is 0 Å². The lowest BCUT2D eigenvalue weighted by Gasteiger charge is -2.20. The molecule has 0 aromatic heterocycles. The average Bonchev–Trinajstić information content (AvgIpc) is 3.29. The SMILES string of the molecule is CCN(C(=O)COc1ccccc1C=CC(=O)O)C1CC1. The summed E-state index contributed by atoms with van der Waals surface area (Å²) in [5.41, 5.74) is 0.641. The number of para-hydroxylation sites is 1. The molecule has 0 spiro atoms. The number of likely N-dealkylation sites (N-methyl/N-ethyl adjacent to an activating group) is 1. The molecule has 1 N–H and O–H groups in total. The molecule has 0 saturated heterocycles. The quantitative estimate of drug-likeness (QED) is 0.781. The van der Waals surface area contributed by atoms with Gasteiger partial charge >= 0.3 is 5.97 Å². The molecule has 1 fully saturated rings. The Bertz CT molecular complexity index is 549. The number of carbonyl (C=O) groups excluding carboxylic acids is 1. The number of ether oxygens (including phenoxy) is 1. The Labute approximate surface area is 123 Å². The van der Waals surface area contributed by atoms with E-state index in [1.165, 1.54) is 6.08 Å². The van der Waals surface area contributed by atoms with Gasteiger partial charge in [0.25, 0.3) is 5.91 Å². The zero-order valence-corrected chi connectivity index (χ0v) is 12.0. The van der Waals surface area contributed by atoms with Crippen LogP contribution in [0.3, 0.4) is 0 Å². The average molecular weight is 289 g/mol. The van der Waals surface area contributed by atoms with E-state index in [0.29, 0.717) is 23.9 Å². The third kappa shape index (κ3) is 4.34. The first-order valence-corrected chi connectivity index (χ1v) is 7.04. The minimum absolute atomic E-state index is 0.0255. The highest BCUT2D eigenvalue weighted by Gasteiger charge is 2.31. The predicted molar refractivity (Wildman–Crippen MR) is 79.0 cm³/mol. The number of rotatable bonds is 7. The van der Waals surface area contributed by atoms with Crippen LogP contribution in [-0.4, -0.2) is 41.1 Å². The summed E-state index contributed by atoms with van der Waals surface area (Å²) >= 11 is 0. The molecule has 21 heavy (non-hydrogen) atoms. The molecule has 1 saturated carbocycles. The molecule has 5 nitrogen and oxygen atoms in total. The van der Waals surface area contributed by atoms with Crippen molar-refractivity contribution in [1.29, 1.82) is 0 Å². The van der Waals surface area contributed by atoms with Gasteiger partial charge in [0.15, 0.2) is 6.61 Å². The van der Waals surface area contributed by atoms with Crippen molar-refractivity contribution in [2.75, 3.05) is 13.2 Å². The third-order valence-electron chi connectivity index (χ3n) is 3.32. The molecule has 0 aliphatic heterocycles. The summed E-state index contributed by atoms with van der Waals surface area (Å²) in [4.78, 5) is 24.5. The lowest BCUT2D eigenvalue weighted by Crippen LogP contribution is -2.36. The van der Waals surface area contributed by atoms with Gasteiger partial charge in [0, 0.05) is 24.2 Å². The number of nitrogens with zero attached hydrogens (tertiary/aromatic N) is 1. The molecule has 5 heteroatoms. The van der Waals surface area contributed by atoms with Crippen LogP contribution in [0.2, 0.25) is 0 Å². The van der Waals surface area contributed by atoms with E-state index in [-0.39, 0.29) is 12.5 Å². The molecule has 0 bridgehead atoms. The maximum atomic E-state index is 12.1. The van der Waals surface area contributed by atoms with Gasteiger partial charge in [0.1, 0.15) is 5.75 Å². The number of hydrogen-bond acceptors (Lipinski definition) is 3. The lowest BCUT2D eigenvalue weighted by molar-refractivity contribution is -0.134. The van der Waals surface area contributed by atoms with Crippen molar-refractivity contribution in [3.8, 4) is 5.75 Å². The number of aliphatic carboxylic acids is 1. The first-order chi connectivity index (χ1) is 10.1. The predicted octanol–water partition coefficient (Wildman–Crippen LogP) is 2.17. The van der Waals surface area contributed by atoms with E-state index in [2.05, 4.69) is 0 Å². The van der Waals surface area contributed by atoms with Gasteiger partial charge in [-0.1, -0.05) is 18.2 Å². The van der Waals surface area contributed by atoms with E-state index in [1.807, 2.05) is 11.8 Å². The summed E-state index contributed by atoms with van der Waals surface area (Å²) in [5.74, 6) is -0.543. The molecule has 1 aromatic rings. The molecule has 1 aliphatic carbocycles. The van der Waals surface area contributed by atoms with E-state index in [0.717, 1.165) is 18.9 Å². The van der Waals surface area contributed by atoms with Crippen LogP contribution in [0.1, 0.15) is 25.3 Å². The van der Waals surface area contributed by atoms with Crippen LogP contribution in [0.4, 0.5) is 0 Å². The smallest absolute Gasteiger partial charge is 0.328 e. The normalized spacial score (nSPS) is 14.1.